The molecule has 0 radical (unpaired) electrons. The predicted molar refractivity (Wildman–Crippen MR) is 73.6 cm³/mol. The molecular formula is C14H17ClN2O2. The molecule has 1 atom stereocenters. The highest BCUT2D eigenvalue weighted by Crippen LogP contribution is 2.36. The third-order valence-electron chi connectivity index (χ3n) is 2.95. The molecule has 0 heterocycles. The minimum atomic E-state index is -0.533. The van der Waals surface area contributed by atoms with Crippen LogP contribution in [0, 0.1) is 11.3 Å². The van der Waals surface area contributed by atoms with E-state index in [1.165, 1.54) is 12.8 Å². The van der Waals surface area contributed by atoms with Gasteiger partial charge in [-0.15, -0.1) is 0 Å². The summed E-state index contributed by atoms with van der Waals surface area (Å²) in [6, 6.07) is 6.18. The van der Waals surface area contributed by atoms with Crippen LogP contribution in [0.3, 0.4) is 0 Å². The molecule has 1 N–H and O–H groups in total. The third-order valence-corrected chi connectivity index (χ3v) is 3.17. The maximum Gasteiger partial charge on any atom is 0.181 e. The molecule has 5 heteroatoms. The van der Waals surface area contributed by atoms with Crippen molar-refractivity contribution in [1.29, 1.82) is 5.26 Å². The molecule has 1 saturated carbocycles. The van der Waals surface area contributed by atoms with E-state index in [2.05, 4.69) is 11.4 Å². The van der Waals surface area contributed by atoms with Gasteiger partial charge in [0.15, 0.2) is 17.6 Å². The molecule has 1 aliphatic rings. The molecule has 1 unspecified atom stereocenters. The Balaban J connectivity index is 2.25. The van der Waals surface area contributed by atoms with Gasteiger partial charge in [-0.05, 0) is 25.8 Å². The van der Waals surface area contributed by atoms with Crippen LogP contribution < -0.4 is 14.8 Å². The normalized spacial score (nSPS) is 15.7. The Bertz CT molecular complexity index is 495. The topological polar surface area (TPSA) is 54.3 Å². The van der Waals surface area contributed by atoms with Crippen LogP contribution in [-0.4, -0.2) is 19.3 Å². The van der Waals surface area contributed by atoms with Gasteiger partial charge in [0.25, 0.3) is 0 Å². The molecule has 4 nitrogen and oxygen atoms in total. The largest absolute Gasteiger partial charge is 0.493 e. The summed E-state index contributed by atoms with van der Waals surface area (Å²) < 4.78 is 10.9. The van der Waals surface area contributed by atoms with Crippen LogP contribution in [0.15, 0.2) is 12.1 Å². The van der Waals surface area contributed by atoms with Crippen molar-refractivity contribution in [2.24, 2.45) is 0 Å². The summed E-state index contributed by atoms with van der Waals surface area (Å²) in [5, 5.41) is 12.9. The van der Waals surface area contributed by atoms with E-state index in [0.717, 1.165) is 5.56 Å². The second-order valence-electron chi connectivity index (χ2n) is 4.64. The zero-order valence-electron chi connectivity index (χ0n) is 11.1. The summed E-state index contributed by atoms with van der Waals surface area (Å²) in [5.41, 5.74) is 0.915. The molecule has 0 saturated heterocycles. The van der Waals surface area contributed by atoms with E-state index in [0.29, 0.717) is 29.1 Å². The van der Waals surface area contributed by atoms with Crippen molar-refractivity contribution in [2.45, 2.75) is 38.5 Å². The first-order valence-corrected chi connectivity index (χ1v) is 6.68. The van der Waals surface area contributed by atoms with Crippen LogP contribution in [-0.2, 0) is 6.54 Å². The molecule has 1 aliphatic carbocycles. The first-order chi connectivity index (χ1) is 9.13. The standard InChI is InChI=1S/C14H17ClN2O2/c1-9(7-16)19-14-10(8-17-12-3-4-12)5-11(15)6-13(14)18-2/h5-6,9,12,17H,3-4,8H2,1-2H3. The molecule has 0 spiro atoms. The minimum Gasteiger partial charge on any atom is -0.493 e. The van der Waals surface area contributed by atoms with Crippen LogP contribution in [0.5, 0.6) is 11.5 Å². The number of nitriles is 1. The Hall–Kier alpha value is -1.44. The van der Waals surface area contributed by atoms with Crippen molar-refractivity contribution in [1.82, 2.24) is 5.32 Å². The van der Waals surface area contributed by atoms with Gasteiger partial charge in [-0.3, -0.25) is 0 Å². The van der Waals surface area contributed by atoms with E-state index in [1.54, 1.807) is 20.1 Å². The fourth-order valence-corrected chi connectivity index (χ4v) is 2.02. The number of ether oxygens (including phenoxy) is 2. The average molecular weight is 281 g/mol. The number of halogens is 1. The van der Waals surface area contributed by atoms with E-state index in [1.807, 2.05) is 6.07 Å². The second kappa shape index (κ2) is 6.14. The van der Waals surface area contributed by atoms with Crippen molar-refractivity contribution in [3.8, 4) is 17.6 Å². The maximum absolute atomic E-state index is 8.88. The Kier molecular flexibility index (Phi) is 4.52. The van der Waals surface area contributed by atoms with Crippen molar-refractivity contribution < 1.29 is 9.47 Å². The lowest BCUT2D eigenvalue weighted by Crippen LogP contribution is -2.18. The summed E-state index contributed by atoms with van der Waals surface area (Å²) >= 11 is 6.07. The lowest BCUT2D eigenvalue weighted by Gasteiger charge is -2.17. The zero-order chi connectivity index (χ0) is 13.8. The lowest BCUT2D eigenvalue weighted by molar-refractivity contribution is 0.256. The van der Waals surface area contributed by atoms with Crippen molar-refractivity contribution in [3.63, 3.8) is 0 Å². The molecule has 1 aromatic carbocycles. The highest BCUT2D eigenvalue weighted by Gasteiger charge is 2.22. The van der Waals surface area contributed by atoms with Gasteiger partial charge in [-0.2, -0.15) is 5.26 Å². The Morgan fingerprint density at radius 2 is 2.26 bits per heavy atom. The minimum absolute atomic E-state index is 0.533. The molecular weight excluding hydrogens is 264 g/mol. The van der Waals surface area contributed by atoms with Gasteiger partial charge < -0.3 is 14.8 Å². The van der Waals surface area contributed by atoms with Crippen LogP contribution in [0.2, 0.25) is 5.02 Å². The van der Waals surface area contributed by atoms with Gasteiger partial charge in [-0.25, -0.2) is 0 Å². The first kappa shape index (κ1) is 14.0. The van der Waals surface area contributed by atoms with Crippen LogP contribution in [0.25, 0.3) is 0 Å². The number of methoxy groups -OCH3 is 1. The van der Waals surface area contributed by atoms with E-state index in [-0.39, 0.29) is 0 Å². The van der Waals surface area contributed by atoms with Gasteiger partial charge >= 0.3 is 0 Å². The van der Waals surface area contributed by atoms with Crippen LogP contribution >= 0.6 is 11.6 Å². The Morgan fingerprint density at radius 1 is 1.53 bits per heavy atom. The third kappa shape index (κ3) is 3.76. The van der Waals surface area contributed by atoms with Crippen LogP contribution in [0.4, 0.5) is 0 Å². The Morgan fingerprint density at radius 3 is 2.84 bits per heavy atom. The van der Waals surface area contributed by atoms with Gasteiger partial charge in [-0.1, -0.05) is 11.6 Å². The lowest BCUT2D eigenvalue weighted by atomic mass is 10.1. The molecule has 0 aromatic heterocycles. The molecule has 0 bridgehead atoms. The van der Waals surface area contributed by atoms with Crippen molar-refractivity contribution in [3.05, 3.63) is 22.7 Å². The molecule has 2 rings (SSSR count). The number of hydrogen-bond acceptors (Lipinski definition) is 4. The van der Waals surface area contributed by atoms with Crippen molar-refractivity contribution >= 4 is 11.6 Å². The second-order valence-corrected chi connectivity index (χ2v) is 5.08. The first-order valence-electron chi connectivity index (χ1n) is 6.30. The highest BCUT2D eigenvalue weighted by molar-refractivity contribution is 6.30. The van der Waals surface area contributed by atoms with Gasteiger partial charge in [0.05, 0.1) is 7.11 Å². The average Bonchev–Trinajstić information content (AvgIpc) is 3.22. The van der Waals surface area contributed by atoms with Crippen molar-refractivity contribution in [2.75, 3.05) is 7.11 Å². The summed E-state index contributed by atoms with van der Waals surface area (Å²) in [6.07, 6.45) is 1.89. The number of hydrogen-bond donors (Lipinski definition) is 1. The summed E-state index contributed by atoms with van der Waals surface area (Å²) in [5.74, 6) is 1.15. The number of rotatable bonds is 6. The van der Waals surface area contributed by atoms with E-state index in [9.17, 15) is 0 Å². The number of nitrogens with zero attached hydrogens (tertiary/aromatic N) is 1. The summed E-state index contributed by atoms with van der Waals surface area (Å²) in [6.45, 7) is 2.36. The van der Waals surface area contributed by atoms with Crippen LogP contribution in [0.1, 0.15) is 25.3 Å². The molecule has 0 amide bonds. The SMILES string of the molecule is COc1cc(Cl)cc(CNC2CC2)c1OC(C)C#N. The van der Waals surface area contributed by atoms with E-state index in [4.69, 9.17) is 26.3 Å². The fraction of sp³-hybridized carbons (Fsp3) is 0.500. The maximum atomic E-state index is 8.88. The van der Waals surface area contributed by atoms with E-state index < -0.39 is 6.10 Å². The summed E-state index contributed by atoms with van der Waals surface area (Å²) in [7, 11) is 1.56. The quantitative estimate of drug-likeness (QED) is 0.870. The Labute approximate surface area is 118 Å². The van der Waals surface area contributed by atoms with Gasteiger partial charge in [0.1, 0.15) is 6.07 Å². The fourth-order valence-electron chi connectivity index (χ4n) is 1.78. The van der Waals surface area contributed by atoms with Gasteiger partial charge in [0.2, 0.25) is 0 Å². The smallest absolute Gasteiger partial charge is 0.181 e. The molecule has 0 aliphatic heterocycles. The highest BCUT2D eigenvalue weighted by atomic mass is 35.5. The van der Waals surface area contributed by atoms with Gasteiger partial charge in [0, 0.05) is 29.2 Å². The molecule has 1 fully saturated rings. The van der Waals surface area contributed by atoms with E-state index >= 15 is 0 Å². The molecule has 102 valence electrons. The predicted octanol–water partition coefficient (Wildman–Crippen LogP) is 2.89. The summed E-state index contributed by atoms with van der Waals surface area (Å²) in [4.78, 5) is 0. The molecule has 19 heavy (non-hydrogen) atoms. The number of nitrogens with one attached hydrogen (secondary N) is 1. The zero-order valence-corrected chi connectivity index (χ0v) is 11.8. The molecule has 1 aromatic rings. The monoisotopic (exact) mass is 280 g/mol. The number of benzene rings is 1.